The third-order valence-electron chi connectivity index (χ3n) is 3.46. The average Bonchev–Trinajstić information content (AvgIpc) is 2.93. The Morgan fingerprint density at radius 3 is 2.76 bits per heavy atom. The lowest BCUT2D eigenvalue weighted by Crippen LogP contribution is -2.29. The molecule has 0 unspecified atom stereocenters. The zero-order valence-corrected chi connectivity index (χ0v) is 12.9. The number of hydrogen-bond donors (Lipinski definition) is 1. The molecule has 1 aliphatic heterocycles. The number of aromatic nitrogens is 2. The van der Waals surface area contributed by atoms with Crippen LogP contribution >= 0.6 is 0 Å². The molecule has 0 saturated heterocycles. The summed E-state index contributed by atoms with van der Waals surface area (Å²) in [6.07, 6.45) is 3.00. The van der Waals surface area contributed by atoms with Crippen LogP contribution in [0.4, 0.5) is 5.69 Å². The summed E-state index contributed by atoms with van der Waals surface area (Å²) in [5, 5.41) is 7.87. The molecule has 0 saturated carbocycles. The van der Waals surface area contributed by atoms with Gasteiger partial charge in [-0.1, -0.05) is 6.92 Å². The fraction of sp³-hybridized carbons (Fsp3) is 0.438. The summed E-state index contributed by atoms with van der Waals surface area (Å²) in [5.41, 5.74) is 3.37. The summed E-state index contributed by atoms with van der Waals surface area (Å²) in [4.78, 5) is 0. The Hall–Kier alpha value is -2.17. The highest BCUT2D eigenvalue weighted by atomic mass is 16.7. The Bertz CT molecular complexity index is 662. The molecular formula is C16H21N3O2. The molecule has 5 nitrogen and oxygen atoms in total. The van der Waals surface area contributed by atoms with Crippen molar-refractivity contribution in [2.45, 2.75) is 39.5 Å². The van der Waals surface area contributed by atoms with Crippen LogP contribution in [-0.2, 0) is 20.0 Å². The molecule has 3 rings (SSSR count). The van der Waals surface area contributed by atoms with Crippen molar-refractivity contribution in [1.82, 2.24) is 9.78 Å². The van der Waals surface area contributed by atoms with Gasteiger partial charge in [-0.25, -0.2) is 0 Å². The van der Waals surface area contributed by atoms with Gasteiger partial charge in [-0.3, -0.25) is 4.68 Å². The monoisotopic (exact) mass is 287 g/mol. The van der Waals surface area contributed by atoms with Crippen LogP contribution in [0.3, 0.4) is 0 Å². The predicted octanol–water partition coefficient (Wildman–Crippen LogP) is 3.10. The van der Waals surface area contributed by atoms with Gasteiger partial charge in [0, 0.05) is 51.0 Å². The van der Waals surface area contributed by atoms with Crippen molar-refractivity contribution in [2.24, 2.45) is 7.05 Å². The maximum atomic E-state index is 5.76. The quantitative estimate of drug-likeness (QED) is 0.938. The predicted molar refractivity (Wildman–Crippen MR) is 81.7 cm³/mol. The number of aryl methyl sites for hydroxylation is 2. The van der Waals surface area contributed by atoms with E-state index in [1.807, 2.05) is 43.8 Å². The van der Waals surface area contributed by atoms with E-state index in [1.165, 1.54) is 5.56 Å². The molecule has 0 aliphatic carbocycles. The first-order valence-electron chi connectivity index (χ1n) is 7.24. The van der Waals surface area contributed by atoms with Crippen LogP contribution in [0.2, 0.25) is 0 Å². The smallest absolute Gasteiger partial charge is 0.246 e. The third-order valence-corrected chi connectivity index (χ3v) is 3.46. The molecule has 0 atom stereocenters. The molecule has 1 aromatic carbocycles. The van der Waals surface area contributed by atoms with Gasteiger partial charge in [0.15, 0.2) is 11.5 Å². The molecule has 1 aliphatic rings. The van der Waals surface area contributed by atoms with E-state index in [4.69, 9.17) is 9.47 Å². The third kappa shape index (κ3) is 2.82. The summed E-state index contributed by atoms with van der Waals surface area (Å²) >= 11 is 0. The first-order chi connectivity index (χ1) is 9.97. The normalized spacial score (nSPS) is 15.2. The number of hydrogen-bond acceptors (Lipinski definition) is 4. The molecule has 5 heteroatoms. The number of fused-ring (bicyclic) bond motifs is 1. The SMILES string of the molecule is CCc1nn(C)cc1CNc1ccc2c(c1)OC(C)(C)O2. The van der Waals surface area contributed by atoms with Gasteiger partial charge < -0.3 is 14.8 Å². The van der Waals surface area contributed by atoms with Crippen LogP contribution in [0.25, 0.3) is 0 Å². The minimum atomic E-state index is -0.584. The second kappa shape index (κ2) is 4.98. The highest BCUT2D eigenvalue weighted by Crippen LogP contribution is 2.40. The van der Waals surface area contributed by atoms with E-state index in [9.17, 15) is 0 Å². The summed E-state index contributed by atoms with van der Waals surface area (Å²) in [5.74, 6) is 0.993. The number of nitrogens with zero attached hydrogens (tertiary/aromatic N) is 2. The maximum absolute atomic E-state index is 5.76. The van der Waals surface area contributed by atoms with Gasteiger partial charge in [-0.05, 0) is 18.6 Å². The van der Waals surface area contributed by atoms with Gasteiger partial charge in [-0.15, -0.1) is 0 Å². The lowest BCUT2D eigenvalue weighted by molar-refractivity contribution is -0.0431. The highest BCUT2D eigenvalue weighted by Gasteiger charge is 2.31. The van der Waals surface area contributed by atoms with Crippen LogP contribution in [0.1, 0.15) is 32.0 Å². The first-order valence-corrected chi connectivity index (χ1v) is 7.24. The van der Waals surface area contributed by atoms with E-state index in [0.29, 0.717) is 0 Å². The van der Waals surface area contributed by atoms with Crippen LogP contribution in [0.15, 0.2) is 24.4 Å². The molecule has 0 amide bonds. The molecular weight excluding hydrogens is 266 g/mol. The van der Waals surface area contributed by atoms with Gasteiger partial charge in [0.05, 0.1) is 5.69 Å². The van der Waals surface area contributed by atoms with E-state index < -0.39 is 5.79 Å². The van der Waals surface area contributed by atoms with E-state index in [0.717, 1.165) is 35.8 Å². The van der Waals surface area contributed by atoms with Crippen molar-refractivity contribution in [2.75, 3.05) is 5.32 Å². The van der Waals surface area contributed by atoms with Gasteiger partial charge >= 0.3 is 0 Å². The molecule has 2 heterocycles. The van der Waals surface area contributed by atoms with Gasteiger partial charge in [0.1, 0.15) is 0 Å². The summed E-state index contributed by atoms with van der Waals surface area (Å²) in [7, 11) is 1.95. The average molecular weight is 287 g/mol. The molecule has 21 heavy (non-hydrogen) atoms. The Labute approximate surface area is 124 Å². The Morgan fingerprint density at radius 2 is 2.00 bits per heavy atom. The molecule has 1 aromatic heterocycles. The Balaban J connectivity index is 1.72. The fourth-order valence-corrected chi connectivity index (χ4v) is 2.56. The van der Waals surface area contributed by atoms with Gasteiger partial charge in [0.25, 0.3) is 0 Å². The molecule has 0 bridgehead atoms. The largest absolute Gasteiger partial charge is 0.449 e. The number of ether oxygens (including phenoxy) is 2. The van der Waals surface area contributed by atoms with Gasteiger partial charge in [0.2, 0.25) is 5.79 Å². The molecule has 112 valence electrons. The standard InChI is InChI=1S/C16H21N3O2/c1-5-13-11(10-19(4)18-13)9-17-12-6-7-14-15(8-12)21-16(2,3)20-14/h6-8,10,17H,5,9H2,1-4H3. The van der Waals surface area contributed by atoms with E-state index in [1.54, 1.807) is 0 Å². The molecule has 0 spiro atoms. The Kier molecular flexibility index (Phi) is 3.27. The lowest BCUT2D eigenvalue weighted by atomic mass is 10.2. The zero-order chi connectivity index (χ0) is 15.0. The van der Waals surface area contributed by atoms with Crippen LogP contribution in [0.5, 0.6) is 11.5 Å². The number of benzene rings is 1. The number of anilines is 1. The van der Waals surface area contributed by atoms with Crippen molar-refractivity contribution in [1.29, 1.82) is 0 Å². The van der Waals surface area contributed by atoms with Crippen LogP contribution in [0, 0.1) is 0 Å². The van der Waals surface area contributed by atoms with Crippen molar-refractivity contribution < 1.29 is 9.47 Å². The second-order valence-corrected chi connectivity index (χ2v) is 5.75. The van der Waals surface area contributed by atoms with Crippen molar-refractivity contribution in [3.8, 4) is 11.5 Å². The van der Waals surface area contributed by atoms with E-state index >= 15 is 0 Å². The molecule has 2 aromatic rings. The summed E-state index contributed by atoms with van der Waals surface area (Å²) in [6, 6.07) is 5.92. The molecule has 0 radical (unpaired) electrons. The minimum absolute atomic E-state index is 0.584. The van der Waals surface area contributed by atoms with Gasteiger partial charge in [-0.2, -0.15) is 5.10 Å². The zero-order valence-electron chi connectivity index (χ0n) is 12.9. The fourth-order valence-electron chi connectivity index (χ4n) is 2.56. The number of nitrogens with one attached hydrogen (secondary N) is 1. The van der Waals surface area contributed by atoms with Crippen LogP contribution < -0.4 is 14.8 Å². The highest BCUT2D eigenvalue weighted by molar-refractivity contribution is 5.56. The summed E-state index contributed by atoms with van der Waals surface area (Å²) < 4.78 is 13.3. The van der Waals surface area contributed by atoms with Crippen LogP contribution in [-0.4, -0.2) is 15.6 Å². The van der Waals surface area contributed by atoms with Crippen molar-refractivity contribution in [3.63, 3.8) is 0 Å². The van der Waals surface area contributed by atoms with Crippen molar-refractivity contribution >= 4 is 5.69 Å². The van der Waals surface area contributed by atoms with E-state index in [-0.39, 0.29) is 0 Å². The Morgan fingerprint density at radius 1 is 1.24 bits per heavy atom. The second-order valence-electron chi connectivity index (χ2n) is 5.75. The van der Waals surface area contributed by atoms with Crippen molar-refractivity contribution in [3.05, 3.63) is 35.7 Å². The summed E-state index contributed by atoms with van der Waals surface area (Å²) in [6.45, 7) is 6.68. The molecule has 1 N–H and O–H groups in total. The van der Waals surface area contributed by atoms with E-state index in [2.05, 4.69) is 23.5 Å². The maximum Gasteiger partial charge on any atom is 0.246 e. The molecule has 0 fully saturated rings. The first kappa shape index (κ1) is 13.8. The topological polar surface area (TPSA) is 48.3 Å². The lowest BCUT2D eigenvalue weighted by Gasteiger charge is -2.16. The number of rotatable bonds is 4. The minimum Gasteiger partial charge on any atom is -0.449 e.